The van der Waals surface area contributed by atoms with Crippen molar-refractivity contribution in [3.05, 3.63) is 29.0 Å². The minimum Gasteiger partial charge on any atom is -0.496 e. The molecule has 0 aliphatic rings. The molecule has 0 aliphatic carbocycles. The molecule has 1 heterocycles. The number of methoxy groups -OCH3 is 1. The van der Waals surface area contributed by atoms with E-state index < -0.39 is 0 Å². The van der Waals surface area contributed by atoms with Crippen LogP contribution in [0.25, 0.3) is 11.4 Å². The quantitative estimate of drug-likeness (QED) is 0.883. The highest BCUT2D eigenvalue weighted by atomic mass is 35.5. The molecule has 2 rings (SSSR count). The first-order chi connectivity index (χ1) is 8.10. The first-order valence-electron chi connectivity index (χ1n) is 4.92. The zero-order valence-corrected chi connectivity index (χ0v) is 10.2. The first kappa shape index (κ1) is 11.6. The number of aromatic nitrogens is 3. The van der Waals surface area contributed by atoms with Crippen LogP contribution in [-0.2, 0) is 0 Å². The molecule has 0 fully saturated rings. The van der Waals surface area contributed by atoms with Crippen LogP contribution in [0.15, 0.2) is 18.2 Å². The van der Waals surface area contributed by atoms with Gasteiger partial charge in [-0.05, 0) is 30.7 Å². The second-order valence-electron chi connectivity index (χ2n) is 3.49. The lowest BCUT2D eigenvalue weighted by Gasteiger charge is -2.08. The lowest BCUT2D eigenvalue weighted by molar-refractivity contribution is 0.416. The van der Waals surface area contributed by atoms with Crippen LogP contribution >= 0.6 is 11.6 Å². The summed E-state index contributed by atoms with van der Waals surface area (Å²) in [6.07, 6.45) is 0. The van der Waals surface area contributed by atoms with Crippen LogP contribution in [0.4, 0.5) is 5.95 Å². The van der Waals surface area contributed by atoms with Crippen LogP contribution < -0.4 is 10.5 Å². The van der Waals surface area contributed by atoms with Crippen molar-refractivity contribution in [2.75, 3.05) is 12.8 Å². The third-order valence-electron chi connectivity index (χ3n) is 2.22. The summed E-state index contributed by atoms with van der Waals surface area (Å²) < 4.78 is 5.25. The predicted octanol–water partition coefficient (Wildman–Crippen LogP) is 2.09. The molecule has 0 spiro atoms. The van der Waals surface area contributed by atoms with E-state index in [0.29, 0.717) is 11.6 Å². The van der Waals surface area contributed by atoms with Gasteiger partial charge in [0.25, 0.3) is 0 Å². The third kappa shape index (κ3) is 2.45. The number of aryl methyl sites for hydroxylation is 1. The molecule has 0 saturated heterocycles. The number of benzene rings is 1. The number of ether oxygens (including phenoxy) is 1. The average molecular weight is 251 g/mol. The van der Waals surface area contributed by atoms with E-state index in [1.807, 2.05) is 25.1 Å². The SMILES string of the molecule is COc1ccc(C)cc1-c1nc(N)nc(Cl)n1. The lowest BCUT2D eigenvalue weighted by Crippen LogP contribution is -2.01. The Hall–Kier alpha value is -1.88. The zero-order valence-electron chi connectivity index (χ0n) is 9.44. The highest BCUT2D eigenvalue weighted by molar-refractivity contribution is 6.28. The van der Waals surface area contributed by atoms with Gasteiger partial charge in [0.2, 0.25) is 11.2 Å². The molecule has 2 N–H and O–H groups in total. The number of hydrogen-bond acceptors (Lipinski definition) is 5. The summed E-state index contributed by atoms with van der Waals surface area (Å²) in [6.45, 7) is 1.97. The van der Waals surface area contributed by atoms with Gasteiger partial charge >= 0.3 is 0 Å². The summed E-state index contributed by atoms with van der Waals surface area (Å²) in [5, 5.41) is 0.0658. The van der Waals surface area contributed by atoms with Crippen LogP contribution in [0.5, 0.6) is 5.75 Å². The van der Waals surface area contributed by atoms with Gasteiger partial charge in [0.05, 0.1) is 12.7 Å². The Morgan fingerprint density at radius 2 is 2.00 bits per heavy atom. The Balaban J connectivity index is 2.62. The number of nitrogens with zero attached hydrogens (tertiary/aromatic N) is 3. The molecule has 88 valence electrons. The van der Waals surface area contributed by atoms with Crippen LogP contribution in [0, 0.1) is 6.92 Å². The van der Waals surface area contributed by atoms with E-state index in [1.54, 1.807) is 7.11 Å². The summed E-state index contributed by atoms with van der Waals surface area (Å²) in [5.74, 6) is 1.16. The molecular formula is C11H11ClN4O. The first-order valence-corrected chi connectivity index (χ1v) is 5.30. The molecular weight excluding hydrogens is 240 g/mol. The summed E-state index contributed by atoms with van der Waals surface area (Å²) >= 11 is 5.75. The zero-order chi connectivity index (χ0) is 12.4. The van der Waals surface area contributed by atoms with Crippen LogP contribution in [0.3, 0.4) is 0 Å². The number of halogens is 1. The van der Waals surface area contributed by atoms with Crippen molar-refractivity contribution in [3.8, 4) is 17.1 Å². The second-order valence-corrected chi connectivity index (χ2v) is 3.83. The molecule has 6 heteroatoms. The van der Waals surface area contributed by atoms with E-state index in [2.05, 4.69) is 15.0 Å². The topological polar surface area (TPSA) is 73.9 Å². The molecule has 0 aliphatic heterocycles. The van der Waals surface area contributed by atoms with Gasteiger partial charge in [0.15, 0.2) is 5.82 Å². The predicted molar refractivity (Wildman–Crippen MR) is 66.0 cm³/mol. The maximum atomic E-state index is 5.75. The molecule has 1 aromatic heterocycles. The largest absolute Gasteiger partial charge is 0.496 e. The summed E-state index contributed by atoms with van der Waals surface area (Å²) in [6, 6.07) is 5.69. The van der Waals surface area contributed by atoms with E-state index >= 15 is 0 Å². The van der Waals surface area contributed by atoms with Crippen molar-refractivity contribution >= 4 is 17.5 Å². The van der Waals surface area contributed by atoms with E-state index in [-0.39, 0.29) is 11.2 Å². The van der Waals surface area contributed by atoms with E-state index in [4.69, 9.17) is 22.1 Å². The Labute approximate surface area is 104 Å². The second kappa shape index (κ2) is 4.55. The fourth-order valence-corrected chi connectivity index (χ4v) is 1.65. The van der Waals surface area contributed by atoms with Gasteiger partial charge < -0.3 is 10.5 Å². The molecule has 17 heavy (non-hydrogen) atoms. The molecule has 0 bridgehead atoms. The normalized spacial score (nSPS) is 10.3. The molecule has 0 radical (unpaired) electrons. The van der Waals surface area contributed by atoms with Gasteiger partial charge in [-0.1, -0.05) is 11.6 Å². The standard InChI is InChI=1S/C11H11ClN4O/c1-6-3-4-8(17-2)7(5-6)9-14-10(12)16-11(13)15-9/h3-5H,1-2H3,(H2,13,14,15,16). The highest BCUT2D eigenvalue weighted by Crippen LogP contribution is 2.28. The number of hydrogen-bond donors (Lipinski definition) is 1. The van der Waals surface area contributed by atoms with E-state index in [0.717, 1.165) is 11.1 Å². The van der Waals surface area contributed by atoms with Gasteiger partial charge in [-0.2, -0.15) is 15.0 Å². The summed E-state index contributed by atoms with van der Waals surface area (Å²) in [7, 11) is 1.58. The molecule has 2 aromatic rings. The summed E-state index contributed by atoms with van der Waals surface area (Å²) in [4.78, 5) is 11.8. The monoisotopic (exact) mass is 250 g/mol. The minimum atomic E-state index is 0.0658. The van der Waals surface area contributed by atoms with Crippen molar-refractivity contribution < 1.29 is 4.74 Å². The van der Waals surface area contributed by atoms with Crippen molar-refractivity contribution in [2.45, 2.75) is 6.92 Å². The van der Waals surface area contributed by atoms with Crippen molar-refractivity contribution in [3.63, 3.8) is 0 Å². The van der Waals surface area contributed by atoms with E-state index in [9.17, 15) is 0 Å². The fraction of sp³-hybridized carbons (Fsp3) is 0.182. The average Bonchev–Trinajstić information content (AvgIpc) is 2.27. The van der Waals surface area contributed by atoms with Gasteiger partial charge in [-0.25, -0.2) is 0 Å². The van der Waals surface area contributed by atoms with Crippen LogP contribution in [0.1, 0.15) is 5.56 Å². The van der Waals surface area contributed by atoms with Crippen LogP contribution in [0.2, 0.25) is 5.28 Å². The van der Waals surface area contributed by atoms with Gasteiger partial charge in [0.1, 0.15) is 5.75 Å². The van der Waals surface area contributed by atoms with Gasteiger partial charge in [-0.15, -0.1) is 0 Å². The van der Waals surface area contributed by atoms with Crippen molar-refractivity contribution in [1.29, 1.82) is 0 Å². The van der Waals surface area contributed by atoms with E-state index in [1.165, 1.54) is 0 Å². The molecule has 1 aromatic carbocycles. The number of anilines is 1. The molecule has 0 atom stereocenters. The number of nitrogens with two attached hydrogens (primary N) is 1. The molecule has 0 unspecified atom stereocenters. The molecule has 0 saturated carbocycles. The van der Waals surface area contributed by atoms with Crippen molar-refractivity contribution in [2.24, 2.45) is 0 Å². The lowest BCUT2D eigenvalue weighted by atomic mass is 10.1. The third-order valence-corrected chi connectivity index (χ3v) is 2.39. The van der Waals surface area contributed by atoms with Crippen LogP contribution in [-0.4, -0.2) is 22.1 Å². The fourth-order valence-electron chi connectivity index (χ4n) is 1.48. The Morgan fingerprint density at radius 1 is 1.24 bits per heavy atom. The smallest absolute Gasteiger partial charge is 0.227 e. The Morgan fingerprint density at radius 3 is 2.65 bits per heavy atom. The Bertz CT molecular complexity index is 539. The number of nitrogen functional groups attached to an aromatic ring is 1. The summed E-state index contributed by atoms with van der Waals surface area (Å²) in [5.41, 5.74) is 7.34. The van der Waals surface area contributed by atoms with Gasteiger partial charge in [-0.3, -0.25) is 0 Å². The molecule has 0 amide bonds. The minimum absolute atomic E-state index is 0.0658. The Kier molecular flexibility index (Phi) is 3.10. The highest BCUT2D eigenvalue weighted by Gasteiger charge is 2.11. The maximum Gasteiger partial charge on any atom is 0.227 e. The van der Waals surface area contributed by atoms with Gasteiger partial charge in [0, 0.05) is 0 Å². The molecule has 5 nitrogen and oxygen atoms in total. The number of rotatable bonds is 2. The maximum absolute atomic E-state index is 5.75. The van der Waals surface area contributed by atoms with Crippen molar-refractivity contribution in [1.82, 2.24) is 15.0 Å².